The van der Waals surface area contributed by atoms with Gasteiger partial charge in [0.1, 0.15) is 12.1 Å². The van der Waals surface area contributed by atoms with Gasteiger partial charge < -0.3 is 9.64 Å². The third kappa shape index (κ3) is 2.38. The molecule has 4 nitrogen and oxygen atoms in total. The van der Waals surface area contributed by atoms with Crippen molar-refractivity contribution in [3.05, 3.63) is 0 Å². The van der Waals surface area contributed by atoms with Crippen molar-refractivity contribution in [1.29, 1.82) is 0 Å². The third-order valence-electron chi connectivity index (χ3n) is 4.01. The molecule has 0 aromatic rings. The molecule has 0 radical (unpaired) electrons. The lowest BCUT2D eigenvalue weighted by Crippen LogP contribution is -2.62. The quantitative estimate of drug-likeness (QED) is 0.708. The van der Waals surface area contributed by atoms with Crippen molar-refractivity contribution in [3.63, 3.8) is 0 Å². The first-order valence-electron chi connectivity index (χ1n) is 7.04. The lowest BCUT2D eigenvalue weighted by atomic mass is 9.79. The van der Waals surface area contributed by atoms with Gasteiger partial charge in [-0.25, -0.2) is 4.79 Å². The molecule has 0 bridgehead atoms. The van der Waals surface area contributed by atoms with Crippen molar-refractivity contribution in [2.75, 3.05) is 13.2 Å². The van der Waals surface area contributed by atoms with E-state index in [1.54, 1.807) is 0 Å². The lowest BCUT2D eigenvalue weighted by molar-refractivity contribution is -0.178. The number of esters is 1. The van der Waals surface area contributed by atoms with E-state index in [0.717, 1.165) is 32.1 Å². The summed E-state index contributed by atoms with van der Waals surface area (Å²) in [6.45, 7) is 4.99. The van der Waals surface area contributed by atoms with Gasteiger partial charge in [-0.3, -0.25) is 4.79 Å². The van der Waals surface area contributed by atoms with Crippen LogP contribution in [-0.2, 0) is 14.3 Å². The summed E-state index contributed by atoms with van der Waals surface area (Å²) in [4.78, 5) is 26.3. The van der Waals surface area contributed by atoms with E-state index in [-0.39, 0.29) is 11.9 Å². The molecule has 2 rings (SSSR count). The van der Waals surface area contributed by atoms with Crippen molar-refractivity contribution in [3.8, 4) is 0 Å². The second kappa shape index (κ2) is 5.29. The van der Waals surface area contributed by atoms with Crippen LogP contribution in [0.2, 0.25) is 0 Å². The maximum atomic E-state index is 12.3. The molecule has 2 fully saturated rings. The molecule has 0 aromatic heterocycles. The summed E-state index contributed by atoms with van der Waals surface area (Å²) in [7, 11) is 0. The Hall–Kier alpha value is -1.06. The zero-order valence-corrected chi connectivity index (χ0v) is 11.4. The largest absolute Gasteiger partial charge is 0.462 e. The Balaban J connectivity index is 2.19. The third-order valence-corrected chi connectivity index (χ3v) is 4.01. The summed E-state index contributed by atoms with van der Waals surface area (Å²) in [5, 5.41) is 0. The van der Waals surface area contributed by atoms with Gasteiger partial charge in [-0.2, -0.15) is 0 Å². The van der Waals surface area contributed by atoms with Gasteiger partial charge in [0, 0.05) is 6.42 Å². The molecule has 1 aliphatic carbocycles. The van der Waals surface area contributed by atoms with E-state index in [1.165, 1.54) is 0 Å². The smallest absolute Gasteiger partial charge is 0.332 e. The minimum atomic E-state index is -0.636. The van der Waals surface area contributed by atoms with Crippen LogP contribution in [-0.4, -0.2) is 35.5 Å². The first-order chi connectivity index (χ1) is 8.56. The summed E-state index contributed by atoms with van der Waals surface area (Å²) < 4.78 is 5.22. The SMILES string of the molecule is CC(C)CC(=O)N1CCOC(=O)C12CCCCC2. The normalized spacial score (nSPS) is 23.3. The summed E-state index contributed by atoms with van der Waals surface area (Å²) >= 11 is 0. The topological polar surface area (TPSA) is 46.6 Å². The maximum Gasteiger partial charge on any atom is 0.332 e. The molecule has 2 aliphatic rings. The first kappa shape index (κ1) is 13.4. The average Bonchev–Trinajstić information content (AvgIpc) is 2.33. The minimum Gasteiger partial charge on any atom is -0.462 e. The fraction of sp³-hybridized carbons (Fsp3) is 0.857. The molecule has 102 valence electrons. The van der Waals surface area contributed by atoms with Gasteiger partial charge in [0.05, 0.1) is 6.54 Å². The van der Waals surface area contributed by atoms with Crippen LogP contribution in [0.5, 0.6) is 0 Å². The number of hydrogen-bond donors (Lipinski definition) is 0. The Bertz CT molecular complexity index is 332. The standard InChI is InChI=1S/C14H23NO3/c1-11(2)10-12(16)15-8-9-18-13(17)14(15)6-4-3-5-7-14/h11H,3-10H2,1-2H3. The highest BCUT2D eigenvalue weighted by molar-refractivity contribution is 5.89. The second-order valence-corrected chi connectivity index (χ2v) is 5.87. The highest BCUT2D eigenvalue weighted by atomic mass is 16.5. The number of cyclic esters (lactones) is 1. The highest BCUT2D eigenvalue weighted by Gasteiger charge is 2.50. The molecular formula is C14H23NO3. The van der Waals surface area contributed by atoms with E-state index < -0.39 is 5.54 Å². The van der Waals surface area contributed by atoms with Gasteiger partial charge in [-0.1, -0.05) is 33.1 Å². The molecule has 1 amide bonds. The number of nitrogens with zero attached hydrogens (tertiary/aromatic N) is 1. The Kier molecular flexibility index (Phi) is 3.93. The summed E-state index contributed by atoms with van der Waals surface area (Å²) in [5.41, 5.74) is -0.636. The molecule has 18 heavy (non-hydrogen) atoms. The first-order valence-corrected chi connectivity index (χ1v) is 7.04. The number of amides is 1. The van der Waals surface area contributed by atoms with Crippen LogP contribution in [0.1, 0.15) is 52.4 Å². The van der Waals surface area contributed by atoms with Crippen LogP contribution in [0.4, 0.5) is 0 Å². The van der Waals surface area contributed by atoms with Crippen LogP contribution >= 0.6 is 0 Å². The Morgan fingerprint density at radius 2 is 2.00 bits per heavy atom. The molecule has 0 unspecified atom stereocenters. The van der Waals surface area contributed by atoms with E-state index in [9.17, 15) is 9.59 Å². The van der Waals surface area contributed by atoms with Crippen molar-refractivity contribution < 1.29 is 14.3 Å². The van der Waals surface area contributed by atoms with Gasteiger partial charge in [-0.05, 0) is 18.8 Å². The van der Waals surface area contributed by atoms with E-state index in [1.807, 2.05) is 18.7 Å². The fourth-order valence-electron chi connectivity index (χ4n) is 3.12. The van der Waals surface area contributed by atoms with Crippen molar-refractivity contribution in [1.82, 2.24) is 4.90 Å². The number of hydrogen-bond acceptors (Lipinski definition) is 3. The van der Waals surface area contributed by atoms with Gasteiger partial charge in [-0.15, -0.1) is 0 Å². The number of carbonyl (C=O) groups excluding carboxylic acids is 2. The predicted octanol–water partition coefficient (Wildman–Crippen LogP) is 2.12. The number of morpholine rings is 1. The molecule has 1 heterocycles. The van der Waals surface area contributed by atoms with Gasteiger partial charge in [0.25, 0.3) is 0 Å². The molecular weight excluding hydrogens is 230 g/mol. The van der Waals surface area contributed by atoms with Gasteiger partial charge in [0.2, 0.25) is 5.91 Å². The fourth-order valence-corrected chi connectivity index (χ4v) is 3.12. The average molecular weight is 253 g/mol. The van der Waals surface area contributed by atoms with Crippen LogP contribution in [0, 0.1) is 5.92 Å². The van der Waals surface area contributed by atoms with Crippen LogP contribution < -0.4 is 0 Å². The number of rotatable bonds is 2. The molecule has 0 atom stereocenters. The Labute approximate surface area is 109 Å². The highest BCUT2D eigenvalue weighted by Crippen LogP contribution is 2.37. The molecule has 0 N–H and O–H groups in total. The van der Waals surface area contributed by atoms with Crippen molar-refractivity contribution in [2.45, 2.75) is 57.9 Å². The van der Waals surface area contributed by atoms with Crippen molar-refractivity contribution in [2.24, 2.45) is 5.92 Å². The zero-order valence-electron chi connectivity index (χ0n) is 11.4. The van der Waals surface area contributed by atoms with Crippen LogP contribution in [0.15, 0.2) is 0 Å². The van der Waals surface area contributed by atoms with Gasteiger partial charge in [0.15, 0.2) is 0 Å². The van der Waals surface area contributed by atoms with Crippen molar-refractivity contribution >= 4 is 11.9 Å². The van der Waals surface area contributed by atoms with Gasteiger partial charge >= 0.3 is 5.97 Å². The van der Waals surface area contributed by atoms with E-state index in [4.69, 9.17) is 4.74 Å². The summed E-state index contributed by atoms with van der Waals surface area (Å²) in [6, 6.07) is 0. The molecule has 4 heteroatoms. The number of ether oxygens (including phenoxy) is 1. The predicted molar refractivity (Wildman–Crippen MR) is 67.9 cm³/mol. The molecule has 1 saturated carbocycles. The van der Waals surface area contributed by atoms with E-state index in [0.29, 0.717) is 25.5 Å². The van der Waals surface area contributed by atoms with Crippen LogP contribution in [0.3, 0.4) is 0 Å². The van der Waals surface area contributed by atoms with E-state index in [2.05, 4.69) is 0 Å². The Morgan fingerprint density at radius 1 is 1.33 bits per heavy atom. The summed E-state index contributed by atoms with van der Waals surface area (Å²) in [6.07, 6.45) is 5.25. The molecule has 1 saturated heterocycles. The maximum absolute atomic E-state index is 12.3. The second-order valence-electron chi connectivity index (χ2n) is 5.87. The molecule has 1 spiro atoms. The summed E-state index contributed by atoms with van der Waals surface area (Å²) in [5.74, 6) is 0.269. The minimum absolute atomic E-state index is 0.114. The molecule has 0 aromatic carbocycles. The van der Waals surface area contributed by atoms with E-state index >= 15 is 0 Å². The Morgan fingerprint density at radius 3 is 2.61 bits per heavy atom. The monoisotopic (exact) mass is 253 g/mol. The lowest BCUT2D eigenvalue weighted by Gasteiger charge is -2.47. The zero-order chi connectivity index (χ0) is 13.2. The van der Waals surface area contributed by atoms with Crippen LogP contribution in [0.25, 0.3) is 0 Å². The number of carbonyl (C=O) groups is 2. The molecule has 1 aliphatic heterocycles.